The number of piperazine rings is 1. The first-order valence-electron chi connectivity index (χ1n) is 9.44. The number of carbonyl (C=O) groups is 1. The van der Waals surface area contributed by atoms with Gasteiger partial charge in [-0.2, -0.15) is 11.3 Å². The van der Waals surface area contributed by atoms with Crippen LogP contribution in [0, 0.1) is 0 Å². The van der Waals surface area contributed by atoms with E-state index in [1.54, 1.807) is 11.3 Å². The number of aromatic nitrogens is 1. The van der Waals surface area contributed by atoms with Gasteiger partial charge in [0.2, 0.25) is 0 Å². The number of carbonyl (C=O) groups excluding carboxylic acids is 1. The van der Waals surface area contributed by atoms with Crippen LogP contribution in [0.5, 0.6) is 5.75 Å². The molecular formula is C21H23N3O2S2. The lowest BCUT2D eigenvalue weighted by molar-refractivity contribution is 0.0623. The Kier molecular flexibility index (Phi) is 6.04. The maximum absolute atomic E-state index is 12.8. The van der Waals surface area contributed by atoms with Crippen molar-refractivity contribution in [3.05, 3.63) is 57.7 Å². The van der Waals surface area contributed by atoms with Gasteiger partial charge in [-0.1, -0.05) is 12.1 Å². The molecular weight excluding hydrogens is 390 g/mol. The van der Waals surface area contributed by atoms with E-state index in [1.807, 2.05) is 40.8 Å². The van der Waals surface area contributed by atoms with Crippen LogP contribution in [0.3, 0.4) is 0 Å². The zero-order valence-electron chi connectivity index (χ0n) is 15.8. The number of hydrogen-bond acceptors (Lipinski definition) is 6. The van der Waals surface area contributed by atoms with Crippen LogP contribution < -0.4 is 4.74 Å². The molecule has 0 N–H and O–H groups in total. The highest BCUT2D eigenvalue weighted by atomic mass is 32.1. The summed E-state index contributed by atoms with van der Waals surface area (Å²) in [6.07, 6.45) is 0. The summed E-state index contributed by atoms with van der Waals surface area (Å²) in [4.78, 5) is 21.6. The molecule has 1 fully saturated rings. The van der Waals surface area contributed by atoms with E-state index in [-0.39, 0.29) is 5.91 Å². The van der Waals surface area contributed by atoms with Gasteiger partial charge in [-0.05, 0) is 36.1 Å². The molecule has 1 aliphatic rings. The Labute approximate surface area is 173 Å². The Morgan fingerprint density at radius 3 is 2.57 bits per heavy atom. The summed E-state index contributed by atoms with van der Waals surface area (Å²) in [5.74, 6) is 0.949. The molecule has 146 valence electrons. The molecule has 0 saturated carbocycles. The number of thiophene rings is 1. The van der Waals surface area contributed by atoms with E-state index >= 15 is 0 Å². The second-order valence-corrected chi connectivity index (χ2v) is 8.33. The van der Waals surface area contributed by atoms with E-state index in [0.29, 0.717) is 12.3 Å². The standard InChI is InChI=1S/C21H23N3O2S2/c1-2-26-18-5-3-16(4-6-18)13-23-8-10-24(11-9-23)21(25)19-15-28-20(22-19)17-7-12-27-14-17/h3-7,12,14-15H,2,8-11,13H2,1H3. The molecule has 0 radical (unpaired) electrons. The third kappa shape index (κ3) is 4.43. The van der Waals surface area contributed by atoms with Crippen LogP contribution >= 0.6 is 22.7 Å². The highest BCUT2D eigenvalue weighted by molar-refractivity contribution is 7.14. The van der Waals surface area contributed by atoms with Crippen LogP contribution in [0.4, 0.5) is 0 Å². The van der Waals surface area contributed by atoms with Crippen LogP contribution in [-0.2, 0) is 6.54 Å². The molecule has 0 atom stereocenters. The second-order valence-electron chi connectivity index (χ2n) is 6.70. The number of thiazole rings is 1. The summed E-state index contributed by atoms with van der Waals surface area (Å²) in [7, 11) is 0. The van der Waals surface area contributed by atoms with Gasteiger partial charge in [0.25, 0.3) is 5.91 Å². The molecule has 3 aromatic rings. The fraction of sp³-hybridized carbons (Fsp3) is 0.333. The summed E-state index contributed by atoms with van der Waals surface area (Å²) in [6.45, 7) is 6.79. The van der Waals surface area contributed by atoms with Crippen LogP contribution in [-0.4, -0.2) is 53.5 Å². The molecule has 7 heteroatoms. The largest absolute Gasteiger partial charge is 0.494 e. The highest BCUT2D eigenvalue weighted by Gasteiger charge is 2.24. The van der Waals surface area contributed by atoms with Crippen LogP contribution in [0.25, 0.3) is 10.6 Å². The number of benzene rings is 1. The number of rotatable bonds is 6. The Hall–Kier alpha value is -2.22. The number of nitrogens with zero attached hydrogens (tertiary/aromatic N) is 3. The predicted octanol–water partition coefficient (Wildman–Crippen LogP) is 4.23. The van der Waals surface area contributed by atoms with E-state index in [4.69, 9.17) is 4.74 Å². The van der Waals surface area contributed by atoms with Gasteiger partial charge in [-0.3, -0.25) is 9.69 Å². The summed E-state index contributed by atoms with van der Waals surface area (Å²) < 4.78 is 5.50. The third-order valence-corrected chi connectivity index (χ3v) is 6.37. The van der Waals surface area contributed by atoms with Crippen molar-refractivity contribution in [3.8, 4) is 16.3 Å². The lowest BCUT2D eigenvalue weighted by Gasteiger charge is -2.34. The SMILES string of the molecule is CCOc1ccc(CN2CCN(C(=O)c3csc(-c4ccsc4)n3)CC2)cc1. The van der Waals surface area contributed by atoms with Gasteiger partial charge in [0.15, 0.2) is 0 Å². The van der Waals surface area contributed by atoms with Crippen molar-refractivity contribution in [2.75, 3.05) is 32.8 Å². The van der Waals surface area contributed by atoms with Gasteiger partial charge in [0.1, 0.15) is 16.5 Å². The molecule has 3 heterocycles. The first-order valence-corrected chi connectivity index (χ1v) is 11.3. The first kappa shape index (κ1) is 19.1. The molecule has 0 spiro atoms. The van der Waals surface area contributed by atoms with E-state index < -0.39 is 0 Å². The summed E-state index contributed by atoms with van der Waals surface area (Å²) in [6, 6.07) is 10.3. The van der Waals surface area contributed by atoms with Gasteiger partial charge in [0.05, 0.1) is 6.61 Å². The lowest BCUT2D eigenvalue weighted by atomic mass is 10.2. The molecule has 4 rings (SSSR count). The normalized spacial score (nSPS) is 15.0. The van der Waals surface area contributed by atoms with Crippen molar-refractivity contribution >= 4 is 28.6 Å². The zero-order chi connectivity index (χ0) is 19.3. The van der Waals surface area contributed by atoms with Crippen molar-refractivity contribution in [1.82, 2.24) is 14.8 Å². The minimum absolute atomic E-state index is 0.0402. The smallest absolute Gasteiger partial charge is 0.273 e. The fourth-order valence-corrected chi connectivity index (χ4v) is 4.78. The van der Waals surface area contributed by atoms with E-state index in [0.717, 1.165) is 49.0 Å². The van der Waals surface area contributed by atoms with Gasteiger partial charge in [0, 0.05) is 49.0 Å². The molecule has 28 heavy (non-hydrogen) atoms. The molecule has 1 aliphatic heterocycles. The molecule has 1 saturated heterocycles. The van der Waals surface area contributed by atoms with Crippen LogP contribution in [0.1, 0.15) is 23.0 Å². The highest BCUT2D eigenvalue weighted by Crippen LogP contribution is 2.26. The predicted molar refractivity (Wildman–Crippen MR) is 114 cm³/mol. The van der Waals surface area contributed by atoms with Gasteiger partial charge in [-0.15, -0.1) is 11.3 Å². The lowest BCUT2D eigenvalue weighted by Crippen LogP contribution is -2.48. The third-order valence-electron chi connectivity index (χ3n) is 4.79. The van der Waals surface area contributed by atoms with Crippen LogP contribution in [0.2, 0.25) is 0 Å². The summed E-state index contributed by atoms with van der Waals surface area (Å²) >= 11 is 3.18. The summed E-state index contributed by atoms with van der Waals surface area (Å²) in [5.41, 5.74) is 2.92. The van der Waals surface area contributed by atoms with Crippen molar-refractivity contribution in [2.45, 2.75) is 13.5 Å². The van der Waals surface area contributed by atoms with Crippen molar-refractivity contribution < 1.29 is 9.53 Å². The molecule has 5 nitrogen and oxygen atoms in total. The molecule has 1 amide bonds. The van der Waals surface area contributed by atoms with Crippen molar-refractivity contribution in [1.29, 1.82) is 0 Å². The molecule has 0 aliphatic carbocycles. The first-order chi connectivity index (χ1) is 13.7. The van der Waals surface area contributed by atoms with Crippen molar-refractivity contribution in [3.63, 3.8) is 0 Å². The fourth-order valence-electron chi connectivity index (χ4n) is 3.28. The maximum Gasteiger partial charge on any atom is 0.273 e. The summed E-state index contributed by atoms with van der Waals surface area (Å²) in [5, 5.41) is 6.88. The van der Waals surface area contributed by atoms with E-state index in [2.05, 4.69) is 27.4 Å². The monoisotopic (exact) mass is 413 g/mol. The van der Waals surface area contributed by atoms with Gasteiger partial charge >= 0.3 is 0 Å². The average molecular weight is 414 g/mol. The van der Waals surface area contributed by atoms with Crippen LogP contribution in [0.15, 0.2) is 46.5 Å². The number of hydrogen-bond donors (Lipinski definition) is 0. The second kappa shape index (κ2) is 8.86. The van der Waals surface area contributed by atoms with E-state index in [1.165, 1.54) is 16.9 Å². The molecule has 2 aromatic heterocycles. The minimum atomic E-state index is 0.0402. The Morgan fingerprint density at radius 2 is 1.89 bits per heavy atom. The van der Waals surface area contributed by atoms with Gasteiger partial charge < -0.3 is 9.64 Å². The number of ether oxygens (including phenoxy) is 1. The molecule has 0 bridgehead atoms. The maximum atomic E-state index is 12.8. The topological polar surface area (TPSA) is 45.7 Å². The van der Waals surface area contributed by atoms with Crippen molar-refractivity contribution in [2.24, 2.45) is 0 Å². The Balaban J connectivity index is 1.30. The van der Waals surface area contributed by atoms with Gasteiger partial charge in [-0.25, -0.2) is 4.98 Å². The average Bonchev–Trinajstić information content (AvgIpc) is 3.42. The quantitative estimate of drug-likeness (QED) is 0.607. The minimum Gasteiger partial charge on any atom is -0.494 e. The number of amides is 1. The Morgan fingerprint density at radius 1 is 1.11 bits per heavy atom. The zero-order valence-corrected chi connectivity index (χ0v) is 17.5. The van der Waals surface area contributed by atoms with E-state index in [9.17, 15) is 4.79 Å². The molecule has 0 unspecified atom stereocenters. The Bertz CT molecular complexity index is 898. The molecule has 1 aromatic carbocycles.